The molecule has 0 aromatic heterocycles. The molecule has 2 aromatic carbocycles. The summed E-state index contributed by atoms with van der Waals surface area (Å²) in [4.78, 5) is 24.9. The van der Waals surface area contributed by atoms with Gasteiger partial charge < -0.3 is 19.5 Å². The molecule has 0 saturated carbocycles. The van der Waals surface area contributed by atoms with Crippen molar-refractivity contribution in [3.05, 3.63) is 59.7 Å². The van der Waals surface area contributed by atoms with E-state index in [4.69, 9.17) is 14.2 Å². The molecule has 0 spiro atoms. The van der Waals surface area contributed by atoms with E-state index < -0.39 is 11.6 Å². The molecule has 1 fully saturated rings. The molecule has 1 saturated heterocycles. The fourth-order valence-corrected chi connectivity index (χ4v) is 3.01. The van der Waals surface area contributed by atoms with Crippen LogP contribution in [0.25, 0.3) is 0 Å². The SMILES string of the molecule is C[C@]1(C(=O)Nc2ccc(OC3COC3)cc2)Cc2ccccc2C(=O)O1. The summed E-state index contributed by atoms with van der Waals surface area (Å²) in [7, 11) is 0. The van der Waals surface area contributed by atoms with Crippen molar-refractivity contribution in [3.63, 3.8) is 0 Å². The molecule has 4 rings (SSSR count). The standard InChI is InChI=1S/C20H19NO5/c1-20(10-13-4-2-3-5-17(13)18(22)26-20)19(23)21-14-6-8-15(9-7-14)25-16-11-24-12-16/h2-9,16H,10-12H2,1H3,(H,21,23)/t20-/m1/s1. The van der Waals surface area contributed by atoms with Crippen molar-refractivity contribution in [2.24, 2.45) is 0 Å². The fraction of sp³-hybridized carbons (Fsp3) is 0.300. The highest BCUT2D eigenvalue weighted by Crippen LogP contribution is 2.29. The summed E-state index contributed by atoms with van der Waals surface area (Å²) >= 11 is 0. The first-order chi connectivity index (χ1) is 12.5. The minimum Gasteiger partial charge on any atom is -0.486 e. The maximum atomic E-state index is 12.7. The van der Waals surface area contributed by atoms with Gasteiger partial charge in [-0.1, -0.05) is 18.2 Å². The maximum Gasteiger partial charge on any atom is 0.339 e. The van der Waals surface area contributed by atoms with E-state index in [1.54, 1.807) is 43.3 Å². The van der Waals surface area contributed by atoms with Crippen molar-refractivity contribution in [2.75, 3.05) is 18.5 Å². The Bertz CT molecular complexity index is 844. The molecule has 1 N–H and O–H groups in total. The van der Waals surface area contributed by atoms with Crippen LogP contribution in [0, 0.1) is 0 Å². The van der Waals surface area contributed by atoms with Crippen molar-refractivity contribution in [1.29, 1.82) is 0 Å². The molecule has 2 aliphatic rings. The van der Waals surface area contributed by atoms with Crippen molar-refractivity contribution >= 4 is 17.6 Å². The van der Waals surface area contributed by atoms with Crippen LogP contribution >= 0.6 is 0 Å². The largest absolute Gasteiger partial charge is 0.486 e. The Labute approximate surface area is 151 Å². The fourth-order valence-electron chi connectivity index (χ4n) is 3.01. The van der Waals surface area contributed by atoms with Crippen LogP contribution in [0.1, 0.15) is 22.8 Å². The molecular weight excluding hydrogens is 334 g/mol. The summed E-state index contributed by atoms with van der Waals surface area (Å²) in [5, 5.41) is 2.82. The number of anilines is 1. The van der Waals surface area contributed by atoms with Gasteiger partial charge in [0.2, 0.25) is 0 Å². The molecule has 0 unspecified atom stereocenters. The van der Waals surface area contributed by atoms with Gasteiger partial charge in [-0.25, -0.2) is 4.79 Å². The first-order valence-electron chi connectivity index (χ1n) is 8.51. The topological polar surface area (TPSA) is 73.9 Å². The lowest BCUT2D eigenvalue weighted by molar-refractivity contribution is -0.134. The molecule has 0 radical (unpaired) electrons. The number of cyclic esters (lactones) is 1. The second kappa shape index (κ2) is 6.46. The van der Waals surface area contributed by atoms with Gasteiger partial charge in [-0.3, -0.25) is 4.79 Å². The van der Waals surface area contributed by atoms with E-state index >= 15 is 0 Å². The van der Waals surface area contributed by atoms with Crippen LogP contribution in [0.3, 0.4) is 0 Å². The molecule has 0 aliphatic carbocycles. The summed E-state index contributed by atoms with van der Waals surface area (Å²) in [5.74, 6) is -0.113. The Hall–Kier alpha value is -2.86. The molecule has 1 amide bonds. The monoisotopic (exact) mass is 353 g/mol. The lowest BCUT2D eigenvalue weighted by Gasteiger charge is -2.33. The predicted molar refractivity (Wildman–Crippen MR) is 94.3 cm³/mol. The highest BCUT2D eigenvalue weighted by molar-refractivity contribution is 6.02. The van der Waals surface area contributed by atoms with E-state index in [2.05, 4.69) is 5.32 Å². The molecule has 134 valence electrons. The number of benzene rings is 2. The highest BCUT2D eigenvalue weighted by Gasteiger charge is 2.42. The first kappa shape index (κ1) is 16.6. The van der Waals surface area contributed by atoms with Crippen molar-refractivity contribution < 1.29 is 23.8 Å². The Morgan fingerprint density at radius 3 is 2.58 bits per heavy atom. The molecular formula is C20H19NO5. The molecule has 6 nitrogen and oxygen atoms in total. The average molecular weight is 353 g/mol. The molecule has 1 atom stereocenters. The zero-order chi connectivity index (χ0) is 18.1. The van der Waals surface area contributed by atoms with Crippen LogP contribution in [0.5, 0.6) is 5.75 Å². The lowest BCUT2D eigenvalue weighted by atomic mass is 9.89. The summed E-state index contributed by atoms with van der Waals surface area (Å²) in [6.07, 6.45) is 0.431. The van der Waals surface area contributed by atoms with Crippen molar-refractivity contribution in [3.8, 4) is 5.75 Å². The van der Waals surface area contributed by atoms with Crippen LogP contribution in [-0.4, -0.2) is 36.8 Å². The van der Waals surface area contributed by atoms with E-state index in [0.717, 1.165) is 11.3 Å². The maximum absolute atomic E-state index is 12.7. The van der Waals surface area contributed by atoms with Gasteiger partial charge in [0.25, 0.3) is 5.91 Å². The lowest BCUT2D eigenvalue weighted by Crippen LogP contribution is -2.48. The third kappa shape index (κ3) is 3.15. The zero-order valence-electron chi connectivity index (χ0n) is 14.4. The number of ether oxygens (including phenoxy) is 3. The van der Waals surface area contributed by atoms with Gasteiger partial charge >= 0.3 is 5.97 Å². The number of rotatable bonds is 4. The summed E-state index contributed by atoms with van der Waals surface area (Å²) < 4.78 is 16.2. The van der Waals surface area contributed by atoms with Gasteiger partial charge in [-0.15, -0.1) is 0 Å². The number of nitrogens with one attached hydrogen (secondary N) is 1. The molecule has 0 bridgehead atoms. The number of carbonyl (C=O) groups excluding carboxylic acids is 2. The van der Waals surface area contributed by atoms with Crippen molar-refractivity contribution in [2.45, 2.75) is 25.0 Å². The predicted octanol–water partition coefficient (Wildman–Crippen LogP) is 2.57. The van der Waals surface area contributed by atoms with E-state index in [-0.39, 0.29) is 12.0 Å². The number of amides is 1. The number of esters is 1. The normalized spacial score (nSPS) is 22.0. The third-order valence-electron chi connectivity index (χ3n) is 4.59. The van der Waals surface area contributed by atoms with Crippen molar-refractivity contribution in [1.82, 2.24) is 0 Å². The van der Waals surface area contributed by atoms with Gasteiger partial charge in [0.05, 0.1) is 18.8 Å². The molecule has 6 heteroatoms. The highest BCUT2D eigenvalue weighted by atomic mass is 16.6. The van der Waals surface area contributed by atoms with Gasteiger partial charge in [0.1, 0.15) is 11.9 Å². The van der Waals surface area contributed by atoms with Crippen LogP contribution in [0.15, 0.2) is 48.5 Å². The smallest absolute Gasteiger partial charge is 0.339 e. The van der Waals surface area contributed by atoms with Crippen LogP contribution in [-0.2, 0) is 20.7 Å². The molecule has 2 heterocycles. The first-order valence-corrected chi connectivity index (χ1v) is 8.51. The van der Waals surface area contributed by atoms with Gasteiger partial charge in [0.15, 0.2) is 5.60 Å². The van der Waals surface area contributed by atoms with Crippen LogP contribution in [0.4, 0.5) is 5.69 Å². The van der Waals surface area contributed by atoms with E-state index in [1.165, 1.54) is 0 Å². The zero-order valence-corrected chi connectivity index (χ0v) is 14.4. The second-order valence-corrected chi connectivity index (χ2v) is 6.71. The summed E-state index contributed by atoms with van der Waals surface area (Å²) in [5.41, 5.74) is 0.694. The second-order valence-electron chi connectivity index (χ2n) is 6.71. The van der Waals surface area contributed by atoms with Crippen LogP contribution < -0.4 is 10.1 Å². The summed E-state index contributed by atoms with van der Waals surface area (Å²) in [6, 6.07) is 14.3. The van der Waals surface area contributed by atoms with Gasteiger partial charge in [-0.05, 0) is 42.8 Å². The van der Waals surface area contributed by atoms with E-state index in [1.807, 2.05) is 12.1 Å². The van der Waals surface area contributed by atoms with Gasteiger partial charge in [0, 0.05) is 12.1 Å². The Balaban J connectivity index is 1.45. The number of fused-ring (bicyclic) bond motifs is 1. The van der Waals surface area contributed by atoms with Crippen LogP contribution in [0.2, 0.25) is 0 Å². The number of hydrogen-bond acceptors (Lipinski definition) is 5. The molecule has 26 heavy (non-hydrogen) atoms. The number of hydrogen-bond donors (Lipinski definition) is 1. The minimum absolute atomic E-state index is 0.0936. The Kier molecular flexibility index (Phi) is 4.12. The molecule has 2 aliphatic heterocycles. The molecule has 2 aromatic rings. The van der Waals surface area contributed by atoms with E-state index in [9.17, 15) is 9.59 Å². The summed E-state index contributed by atoms with van der Waals surface area (Å²) in [6.45, 7) is 2.83. The quantitative estimate of drug-likeness (QED) is 0.855. The van der Waals surface area contributed by atoms with E-state index in [0.29, 0.717) is 30.9 Å². The number of carbonyl (C=O) groups is 2. The third-order valence-corrected chi connectivity index (χ3v) is 4.59. The Morgan fingerprint density at radius 1 is 1.15 bits per heavy atom. The van der Waals surface area contributed by atoms with Gasteiger partial charge in [-0.2, -0.15) is 0 Å². The average Bonchev–Trinajstić information content (AvgIpc) is 2.59. The Morgan fingerprint density at radius 2 is 1.88 bits per heavy atom. The minimum atomic E-state index is -1.25.